The molecule has 3 rings (SSSR count). The van der Waals surface area contributed by atoms with Gasteiger partial charge < -0.3 is 4.90 Å². The Morgan fingerprint density at radius 1 is 1.17 bits per heavy atom. The Bertz CT molecular complexity index is 1130. The lowest BCUT2D eigenvalue weighted by Crippen LogP contribution is -2.38. The maximum absolute atomic E-state index is 13.4. The van der Waals surface area contributed by atoms with Crippen LogP contribution in [0.1, 0.15) is 55.8 Å². The third-order valence-electron chi connectivity index (χ3n) is 5.22. The van der Waals surface area contributed by atoms with Gasteiger partial charge in [-0.15, -0.1) is 0 Å². The van der Waals surface area contributed by atoms with E-state index in [2.05, 4.69) is 6.92 Å². The Hall–Kier alpha value is -2.37. The first-order valence-corrected chi connectivity index (χ1v) is 10.9. The number of unbranched alkanes of at least 4 members (excludes halogenated alkanes) is 1. The number of aromatic nitrogens is 2. The molecule has 0 bridgehead atoms. The van der Waals surface area contributed by atoms with Crippen LogP contribution in [0.3, 0.4) is 0 Å². The van der Waals surface area contributed by atoms with E-state index in [9.17, 15) is 9.59 Å². The number of carbonyl (C=O) groups is 1. The van der Waals surface area contributed by atoms with Crippen LogP contribution in [-0.2, 0) is 6.54 Å². The third kappa shape index (κ3) is 4.37. The van der Waals surface area contributed by atoms with Crippen molar-refractivity contribution in [1.82, 2.24) is 14.5 Å². The molecule has 1 atom stereocenters. The molecular formula is C23H25Cl2N3O2. The van der Waals surface area contributed by atoms with Crippen molar-refractivity contribution in [3.05, 3.63) is 74.3 Å². The van der Waals surface area contributed by atoms with Crippen molar-refractivity contribution in [3.63, 3.8) is 0 Å². The van der Waals surface area contributed by atoms with Crippen LogP contribution in [0.15, 0.2) is 47.3 Å². The van der Waals surface area contributed by atoms with Crippen molar-refractivity contribution in [3.8, 4) is 0 Å². The molecule has 0 saturated heterocycles. The first-order valence-electron chi connectivity index (χ1n) is 10.1. The van der Waals surface area contributed by atoms with Gasteiger partial charge in [0.15, 0.2) is 0 Å². The van der Waals surface area contributed by atoms with Crippen LogP contribution < -0.4 is 5.56 Å². The average molecular weight is 446 g/mol. The average Bonchev–Trinajstić information content (AvgIpc) is 2.73. The Kier molecular flexibility index (Phi) is 7.16. The van der Waals surface area contributed by atoms with Gasteiger partial charge in [-0.1, -0.05) is 48.7 Å². The minimum absolute atomic E-state index is 0.137. The van der Waals surface area contributed by atoms with E-state index >= 15 is 0 Å². The first-order chi connectivity index (χ1) is 14.4. The zero-order chi connectivity index (χ0) is 21.8. The summed E-state index contributed by atoms with van der Waals surface area (Å²) < 4.78 is 1.62. The smallest absolute Gasteiger partial charge is 0.261 e. The molecule has 0 aliphatic carbocycles. The Morgan fingerprint density at radius 3 is 2.57 bits per heavy atom. The molecule has 5 nitrogen and oxygen atoms in total. The third-order valence-corrected chi connectivity index (χ3v) is 5.79. The summed E-state index contributed by atoms with van der Waals surface area (Å²) in [6.45, 7) is 6.85. The zero-order valence-corrected chi connectivity index (χ0v) is 18.9. The lowest BCUT2D eigenvalue weighted by atomic mass is 10.1. The fourth-order valence-electron chi connectivity index (χ4n) is 3.56. The van der Waals surface area contributed by atoms with Crippen LogP contribution in [0.4, 0.5) is 0 Å². The molecule has 0 aliphatic heterocycles. The van der Waals surface area contributed by atoms with Crippen LogP contribution in [0.5, 0.6) is 0 Å². The van der Waals surface area contributed by atoms with Gasteiger partial charge in [0.05, 0.1) is 27.5 Å². The maximum atomic E-state index is 13.4. The molecule has 3 aromatic rings. The molecule has 0 fully saturated rings. The van der Waals surface area contributed by atoms with E-state index < -0.39 is 6.04 Å². The number of carbonyl (C=O) groups excluding carboxylic acids is 1. The highest BCUT2D eigenvalue weighted by atomic mass is 35.5. The van der Waals surface area contributed by atoms with E-state index in [4.69, 9.17) is 28.2 Å². The van der Waals surface area contributed by atoms with Gasteiger partial charge in [-0.25, -0.2) is 4.98 Å². The fourth-order valence-corrected chi connectivity index (χ4v) is 3.95. The van der Waals surface area contributed by atoms with E-state index in [1.54, 1.807) is 51.9 Å². The standard InChI is InChI=1S/C23H25Cl2N3O2/c1-4-6-13-28(22(29)17-9-7-8-10-19(17)25)15(3)21-26-20-14-16(24)11-12-18(20)23(30)27(21)5-2/h7-12,14-15H,4-6,13H2,1-3H3. The molecule has 158 valence electrons. The number of rotatable bonds is 7. The van der Waals surface area contributed by atoms with E-state index in [-0.39, 0.29) is 11.5 Å². The van der Waals surface area contributed by atoms with Gasteiger partial charge in [0, 0.05) is 18.1 Å². The molecule has 0 N–H and O–H groups in total. The number of halogens is 2. The Morgan fingerprint density at radius 2 is 1.90 bits per heavy atom. The lowest BCUT2D eigenvalue weighted by Gasteiger charge is -2.30. The van der Waals surface area contributed by atoms with Gasteiger partial charge in [0.25, 0.3) is 11.5 Å². The summed E-state index contributed by atoms with van der Waals surface area (Å²) in [6, 6.07) is 11.6. The van der Waals surface area contributed by atoms with Gasteiger partial charge in [-0.05, 0) is 50.6 Å². The van der Waals surface area contributed by atoms with Crippen LogP contribution >= 0.6 is 23.2 Å². The quantitative estimate of drug-likeness (QED) is 0.466. The predicted octanol–water partition coefficient (Wildman–Crippen LogP) is 5.73. The predicted molar refractivity (Wildman–Crippen MR) is 122 cm³/mol. The number of fused-ring (bicyclic) bond motifs is 1. The van der Waals surface area contributed by atoms with Crippen molar-refractivity contribution in [1.29, 1.82) is 0 Å². The molecule has 0 saturated carbocycles. The monoisotopic (exact) mass is 445 g/mol. The number of amides is 1. The second-order valence-electron chi connectivity index (χ2n) is 7.19. The zero-order valence-electron chi connectivity index (χ0n) is 17.4. The van der Waals surface area contributed by atoms with E-state index in [0.29, 0.717) is 45.4 Å². The van der Waals surface area contributed by atoms with Crippen LogP contribution in [0, 0.1) is 0 Å². The summed E-state index contributed by atoms with van der Waals surface area (Å²) in [6.07, 6.45) is 1.76. The summed E-state index contributed by atoms with van der Waals surface area (Å²) in [5, 5.41) is 1.43. The molecule has 2 aromatic carbocycles. The molecule has 0 radical (unpaired) electrons. The molecular weight excluding hydrogens is 421 g/mol. The largest absolute Gasteiger partial charge is 0.329 e. The van der Waals surface area contributed by atoms with Crippen LogP contribution in [0.2, 0.25) is 10.0 Å². The molecule has 7 heteroatoms. The van der Waals surface area contributed by atoms with Gasteiger partial charge in [0.2, 0.25) is 0 Å². The fraction of sp³-hybridized carbons (Fsp3) is 0.348. The normalized spacial score (nSPS) is 12.2. The molecule has 0 spiro atoms. The minimum Gasteiger partial charge on any atom is -0.329 e. The number of hydrogen-bond acceptors (Lipinski definition) is 3. The summed E-state index contributed by atoms with van der Waals surface area (Å²) >= 11 is 12.4. The van der Waals surface area contributed by atoms with Gasteiger partial charge in [-0.2, -0.15) is 0 Å². The molecule has 1 heterocycles. The van der Waals surface area contributed by atoms with Crippen molar-refractivity contribution >= 4 is 40.0 Å². The highest BCUT2D eigenvalue weighted by Crippen LogP contribution is 2.26. The highest BCUT2D eigenvalue weighted by molar-refractivity contribution is 6.33. The number of benzene rings is 2. The van der Waals surface area contributed by atoms with Crippen molar-refractivity contribution in [2.75, 3.05) is 6.54 Å². The van der Waals surface area contributed by atoms with E-state index in [1.165, 1.54) is 0 Å². The summed E-state index contributed by atoms with van der Waals surface area (Å²) in [5.41, 5.74) is 0.831. The SMILES string of the molecule is CCCCN(C(=O)c1ccccc1Cl)C(C)c1nc2cc(Cl)ccc2c(=O)n1CC. The summed E-state index contributed by atoms with van der Waals surface area (Å²) in [7, 11) is 0. The molecule has 1 amide bonds. The maximum Gasteiger partial charge on any atom is 0.261 e. The van der Waals surface area contributed by atoms with Crippen molar-refractivity contribution in [2.24, 2.45) is 0 Å². The van der Waals surface area contributed by atoms with Crippen molar-refractivity contribution in [2.45, 2.75) is 46.2 Å². The second kappa shape index (κ2) is 9.63. The van der Waals surface area contributed by atoms with Gasteiger partial charge in [0.1, 0.15) is 5.82 Å². The van der Waals surface area contributed by atoms with Crippen LogP contribution in [0.25, 0.3) is 10.9 Å². The second-order valence-corrected chi connectivity index (χ2v) is 8.03. The van der Waals surface area contributed by atoms with Gasteiger partial charge in [-0.3, -0.25) is 14.2 Å². The Balaban J connectivity index is 2.13. The minimum atomic E-state index is -0.420. The molecule has 30 heavy (non-hydrogen) atoms. The molecule has 1 unspecified atom stereocenters. The summed E-state index contributed by atoms with van der Waals surface area (Å²) in [5.74, 6) is 0.360. The lowest BCUT2D eigenvalue weighted by molar-refractivity contribution is 0.0676. The van der Waals surface area contributed by atoms with Gasteiger partial charge >= 0.3 is 0 Å². The molecule has 0 aliphatic rings. The van der Waals surface area contributed by atoms with Crippen molar-refractivity contribution < 1.29 is 4.79 Å². The van der Waals surface area contributed by atoms with E-state index in [0.717, 1.165) is 12.8 Å². The number of hydrogen-bond donors (Lipinski definition) is 0. The summed E-state index contributed by atoms with van der Waals surface area (Å²) in [4.78, 5) is 33.0. The van der Waals surface area contributed by atoms with Crippen LogP contribution in [-0.4, -0.2) is 26.9 Å². The highest BCUT2D eigenvalue weighted by Gasteiger charge is 2.27. The Labute approximate surface area is 186 Å². The molecule has 1 aromatic heterocycles. The topological polar surface area (TPSA) is 55.2 Å². The number of nitrogens with zero attached hydrogens (tertiary/aromatic N) is 3. The first kappa shape index (κ1) is 22.3. The van der Waals surface area contributed by atoms with E-state index in [1.807, 2.05) is 13.8 Å².